The number of likely N-dealkylation sites (N-methyl/N-ethyl adjacent to an activating group) is 1. The largest absolute Gasteiger partial charge is 0.304 e. The molecule has 126 valence electrons. The molecule has 24 heavy (non-hydrogen) atoms. The van der Waals surface area contributed by atoms with Gasteiger partial charge in [0.1, 0.15) is 0 Å². The first-order valence-electron chi connectivity index (χ1n) is 8.28. The van der Waals surface area contributed by atoms with Crippen molar-refractivity contribution >= 4 is 35.0 Å². The van der Waals surface area contributed by atoms with E-state index in [0.29, 0.717) is 6.04 Å². The number of halogens is 2. The maximum Gasteiger partial charge on any atom is 0.0417 e. The van der Waals surface area contributed by atoms with Crippen LogP contribution in [0.1, 0.15) is 17.2 Å². The minimum atomic E-state index is 0.387. The smallest absolute Gasteiger partial charge is 0.0417 e. The summed E-state index contributed by atoms with van der Waals surface area (Å²) in [4.78, 5) is 7.57. The van der Waals surface area contributed by atoms with Gasteiger partial charge in [-0.1, -0.05) is 41.0 Å². The van der Waals surface area contributed by atoms with Crippen molar-refractivity contribution in [2.45, 2.75) is 22.3 Å². The normalized spacial score (nSPS) is 21.9. The number of rotatable bonds is 1. The van der Waals surface area contributed by atoms with Crippen LogP contribution in [0.2, 0.25) is 10.0 Å². The van der Waals surface area contributed by atoms with Gasteiger partial charge in [0.15, 0.2) is 0 Å². The van der Waals surface area contributed by atoms with Crippen LogP contribution in [0.5, 0.6) is 0 Å². The molecule has 2 aliphatic rings. The lowest BCUT2D eigenvalue weighted by molar-refractivity contribution is 0.110. The summed E-state index contributed by atoms with van der Waals surface area (Å²) < 4.78 is 0. The van der Waals surface area contributed by atoms with Gasteiger partial charge in [0.25, 0.3) is 0 Å². The molecule has 2 aromatic rings. The highest BCUT2D eigenvalue weighted by molar-refractivity contribution is 7.99. The SMILES string of the molecule is CN1CCN([C@H]2Cc3cc(Cl)ccc3Sc3cc(Cl)ccc32)CC1. The molecule has 2 heterocycles. The Morgan fingerprint density at radius 2 is 1.62 bits per heavy atom. The second kappa shape index (κ2) is 6.89. The van der Waals surface area contributed by atoms with Crippen molar-refractivity contribution in [2.75, 3.05) is 33.2 Å². The molecule has 0 saturated carbocycles. The summed E-state index contributed by atoms with van der Waals surface area (Å²) >= 11 is 14.4. The minimum Gasteiger partial charge on any atom is -0.304 e. The highest BCUT2D eigenvalue weighted by Gasteiger charge is 2.29. The fraction of sp³-hybridized carbons (Fsp3) is 0.368. The minimum absolute atomic E-state index is 0.387. The fourth-order valence-corrected chi connectivity index (χ4v) is 5.16. The van der Waals surface area contributed by atoms with E-state index < -0.39 is 0 Å². The van der Waals surface area contributed by atoms with E-state index in [1.807, 2.05) is 23.9 Å². The van der Waals surface area contributed by atoms with Crippen LogP contribution in [0, 0.1) is 0 Å². The third-order valence-corrected chi connectivity index (χ3v) is 6.63. The van der Waals surface area contributed by atoms with E-state index >= 15 is 0 Å². The zero-order chi connectivity index (χ0) is 16.7. The first-order valence-corrected chi connectivity index (χ1v) is 9.86. The zero-order valence-electron chi connectivity index (χ0n) is 13.6. The average molecular weight is 379 g/mol. The second-order valence-corrected chi connectivity index (χ2v) is 8.55. The van der Waals surface area contributed by atoms with Crippen molar-refractivity contribution in [3.8, 4) is 0 Å². The van der Waals surface area contributed by atoms with E-state index in [1.54, 1.807) is 0 Å². The van der Waals surface area contributed by atoms with Crippen LogP contribution >= 0.6 is 35.0 Å². The Balaban J connectivity index is 1.77. The molecular formula is C19H20Cl2N2S. The van der Waals surface area contributed by atoms with E-state index in [4.69, 9.17) is 23.2 Å². The predicted octanol–water partition coefficient (Wildman–Crippen LogP) is 4.99. The molecule has 0 amide bonds. The number of hydrogen-bond donors (Lipinski definition) is 0. The van der Waals surface area contributed by atoms with E-state index in [1.165, 1.54) is 20.9 Å². The zero-order valence-corrected chi connectivity index (χ0v) is 16.0. The Morgan fingerprint density at radius 3 is 2.42 bits per heavy atom. The van der Waals surface area contributed by atoms with Crippen molar-refractivity contribution in [3.63, 3.8) is 0 Å². The molecule has 2 nitrogen and oxygen atoms in total. The molecule has 0 aliphatic carbocycles. The lowest BCUT2D eigenvalue weighted by atomic mass is 9.96. The van der Waals surface area contributed by atoms with Gasteiger partial charge in [0.05, 0.1) is 0 Å². The molecule has 0 aromatic heterocycles. The highest BCUT2D eigenvalue weighted by Crippen LogP contribution is 2.44. The van der Waals surface area contributed by atoms with Crippen LogP contribution in [-0.2, 0) is 6.42 Å². The maximum atomic E-state index is 6.28. The summed E-state index contributed by atoms with van der Waals surface area (Å²) in [6, 6.07) is 13.0. The van der Waals surface area contributed by atoms with Crippen LogP contribution in [0.15, 0.2) is 46.2 Å². The number of fused-ring (bicyclic) bond motifs is 2. The highest BCUT2D eigenvalue weighted by atomic mass is 35.5. The Bertz CT molecular complexity index is 757. The van der Waals surface area contributed by atoms with Gasteiger partial charge < -0.3 is 4.90 Å². The number of hydrogen-bond acceptors (Lipinski definition) is 3. The van der Waals surface area contributed by atoms with E-state index in [9.17, 15) is 0 Å². The summed E-state index contributed by atoms with van der Waals surface area (Å²) in [6.45, 7) is 4.44. The van der Waals surface area contributed by atoms with Crippen molar-refractivity contribution in [1.29, 1.82) is 0 Å². The third kappa shape index (κ3) is 3.33. The molecule has 0 bridgehead atoms. The van der Waals surface area contributed by atoms with Crippen LogP contribution < -0.4 is 0 Å². The summed E-state index contributed by atoms with van der Waals surface area (Å²) in [5.41, 5.74) is 2.73. The number of piperazine rings is 1. The lowest BCUT2D eigenvalue weighted by Gasteiger charge is -2.38. The first kappa shape index (κ1) is 16.7. The summed E-state index contributed by atoms with van der Waals surface area (Å²) in [5.74, 6) is 0. The van der Waals surface area contributed by atoms with Gasteiger partial charge in [-0.2, -0.15) is 0 Å². The molecule has 5 heteroatoms. The van der Waals surface area contributed by atoms with E-state index in [0.717, 1.165) is 42.6 Å². The Labute approximate surface area is 157 Å². The molecule has 0 radical (unpaired) electrons. The summed E-state index contributed by atoms with van der Waals surface area (Å²) in [6.07, 6.45) is 1.00. The first-order chi connectivity index (χ1) is 11.6. The van der Waals surface area contributed by atoms with Crippen LogP contribution in [0.3, 0.4) is 0 Å². The van der Waals surface area contributed by atoms with Crippen molar-refractivity contribution < 1.29 is 0 Å². The van der Waals surface area contributed by atoms with Gasteiger partial charge in [-0.3, -0.25) is 4.90 Å². The van der Waals surface area contributed by atoms with Gasteiger partial charge in [0.2, 0.25) is 0 Å². The quantitative estimate of drug-likeness (QED) is 0.689. The predicted molar refractivity (Wildman–Crippen MR) is 103 cm³/mol. The third-order valence-electron chi connectivity index (χ3n) is 4.97. The van der Waals surface area contributed by atoms with Crippen molar-refractivity contribution in [3.05, 3.63) is 57.6 Å². The molecule has 4 rings (SSSR count). The fourth-order valence-electron chi connectivity index (χ4n) is 3.58. The van der Waals surface area contributed by atoms with Gasteiger partial charge in [-0.05, 0) is 54.9 Å². The molecule has 1 saturated heterocycles. The molecule has 0 N–H and O–H groups in total. The molecular weight excluding hydrogens is 359 g/mol. The van der Waals surface area contributed by atoms with E-state index in [2.05, 4.69) is 41.1 Å². The average Bonchev–Trinajstić information content (AvgIpc) is 2.71. The van der Waals surface area contributed by atoms with Gasteiger partial charge >= 0.3 is 0 Å². The number of benzene rings is 2. The molecule has 1 fully saturated rings. The van der Waals surface area contributed by atoms with Crippen molar-refractivity contribution in [2.24, 2.45) is 0 Å². The van der Waals surface area contributed by atoms with Gasteiger partial charge in [-0.15, -0.1) is 0 Å². The molecule has 0 spiro atoms. The van der Waals surface area contributed by atoms with E-state index in [-0.39, 0.29) is 0 Å². The number of nitrogens with zero attached hydrogens (tertiary/aromatic N) is 2. The maximum absolute atomic E-state index is 6.28. The van der Waals surface area contributed by atoms with Crippen LogP contribution in [0.4, 0.5) is 0 Å². The molecule has 0 unspecified atom stereocenters. The molecule has 1 atom stereocenters. The second-order valence-electron chi connectivity index (χ2n) is 6.60. The molecule has 2 aromatic carbocycles. The van der Waals surface area contributed by atoms with Gasteiger partial charge in [-0.25, -0.2) is 0 Å². The van der Waals surface area contributed by atoms with Crippen molar-refractivity contribution in [1.82, 2.24) is 9.80 Å². The summed E-state index contributed by atoms with van der Waals surface area (Å²) in [7, 11) is 2.20. The lowest BCUT2D eigenvalue weighted by Crippen LogP contribution is -2.46. The standard InChI is InChI=1S/C19H20Cl2N2S/c1-22-6-8-23(9-7-22)17-11-13-10-14(20)3-5-18(13)24-19-12-15(21)2-4-16(17)19/h2-5,10,12,17H,6-9,11H2,1H3/t17-/m0/s1. The Hall–Kier alpha value is -0.710. The van der Waals surface area contributed by atoms with Crippen LogP contribution in [-0.4, -0.2) is 43.0 Å². The Kier molecular flexibility index (Phi) is 4.81. The van der Waals surface area contributed by atoms with Crippen LogP contribution in [0.25, 0.3) is 0 Å². The van der Waals surface area contributed by atoms with Gasteiger partial charge in [0, 0.05) is 52.1 Å². The summed E-state index contributed by atoms with van der Waals surface area (Å²) in [5, 5.41) is 1.62. The monoisotopic (exact) mass is 378 g/mol. The Morgan fingerprint density at radius 1 is 0.917 bits per heavy atom. The molecule has 2 aliphatic heterocycles. The topological polar surface area (TPSA) is 6.48 Å².